The summed E-state index contributed by atoms with van der Waals surface area (Å²) in [5.74, 6) is 2.08. The van der Waals surface area contributed by atoms with Crippen LogP contribution in [0.25, 0.3) is 0 Å². The zero-order chi connectivity index (χ0) is 12.7. The number of thioether (sulfide) groups is 1. The van der Waals surface area contributed by atoms with Crippen LogP contribution in [0.4, 0.5) is 0 Å². The second-order valence-corrected chi connectivity index (χ2v) is 5.71. The Labute approximate surface area is 109 Å². The zero-order valence-electron chi connectivity index (χ0n) is 11.0. The maximum absolute atomic E-state index is 6.25. The molecule has 0 saturated heterocycles. The van der Waals surface area contributed by atoms with Gasteiger partial charge in [0.1, 0.15) is 5.75 Å². The van der Waals surface area contributed by atoms with Crippen LogP contribution in [0.15, 0.2) is 24.3 Å². The van der Waals surface area contributed by atoms with Gasteiger partial charge < -0.3 is 10.5 Å². The molecule has 0 fully saturated rings. The van der Waals surface area contributed by atoms with Crippen LogP contribution in [0.1, 0.15) is 38.3 Å². The molecule has 3 heteroatoms. The normalized spacial score (nSPS) is 14.4. The van der Waals surface area contributed by atoms with Gasteiger partial charge in [-0.25, -0.2) is 0 Å². The van der Waals surface area contributed by atoms with Crippen molar-refractivity contribution in [2.45, 2.75) is 38.0 Å². The summed E-state index contributed by atoms with van der Waals surface area (Å²) in [6, 6.07) is 8.15. The average molecular weight is 253 g/mol. The van der Waals surface area contributed by atoms with Crippen molar-refractivity contribution in [3.63, 3.8) is 0 Å². The van der Waals surface area contributed by atoms with Gasteiger partial charge in [-0.2, -0.15) is 11.8 Å². The van der Waals surface area contributed by atoms with E-state index < -0.39 is 0 Å². The Morgan fingerprint density at radius 2 is 1.94 bits per heavy atom. The van der Waals surface area contributed by atoms with Gasteiger partial charge in [-0.05, 0) is 29.9 Å². The lowest BCUT2D eigenvalue weighted by Crippen LogP contribution is -2.21. The smallest absolute Gasteiger partial charge is 0.118 e. The Kier molecular flexibility index (Phi) is 6.45. The number of benzene rings is 1. The molecule has 0 saturated carbocycles. The molecule has 2 N–H and O–H groups in total. The summed E-state index contributed by atoms with van der Waals surface area (Å²) in [4.78, 5) is 0. The van der Waals surface area contributed by atoms with Gasteiger partial charge in [0.25, 0.3) is 0 Å². The van der Waals surface area contributed by atoms with E-state index in [-0.39, 0.29) is 6.04 Å². The summed E-state index contributed by atoms with van der Waals surface area (Å²) in [6.07, 6.45) is 2.52. The third-order valence-corrected chi connectivity index (χ3v) is 4.23. The summed E-state index contributed by atoms with van der Waals surface area (Å²) >= 11 is 1.96. The second-order valence-electron chi connectivity index (χ2n) is 4.23. The van der Waals surface area contributed by atoms with Crippen molar-refractivity contribution in [3.8, 4) is 5.75 Å². The van der Waals surface area contributed by atoms with Crippen LogP contribution in [-0.4, -0.2) is 18.1 Å². The highest BCUT2D eigenvalue weighted by Gasteiger charge is 2.14. The lowest BCUT2D eigenvalue weighted by Gasteiger charge is -2.20. The molecule has 0 bridgehead atoms. The third kappa shape index (κ3) is 4.60. The number of rotatable bonds is 7. The Balaban J connectivity index is 2.52. The Morgan fingerprint density at radius 3 is 2.47 bits per heavy atom. The molecular formula is C14H23NOS. The molecule has 0 radical (unpaired) electrons. The molecule has 0 aliphatic carbocycles. The van der Waals surface area contributed by atoms with Crippen molar-refractivity contribution >= 4 is 11.8 Å². The summed E-state index contributed by atoms with van der Waals surface area (Å²) in [5, 5.41) is 0.454. The van der Waals surface area contributed by atoms with E-state index in [4.69, 9.17) is 10.5 Å². The molecule has 1 rings (SSSR count). The van der Waals surface area contributed by atoms with Gasteiger partial charge in [-0.1, -0.05) is 32.4 Å². The summed E-state index contributed by atoms with van der Waals surface area (Å²) in [7, 11) is 1.68. The first kappa shape index (κ1) is 14.4. The van der Waals surface area contributed by atoms with Gasteiger partial charge in [0.2, 0.25) is 0 Å². The summed E-state index contributed by atoms with van der Waals surface area (Å²) in [6.45, 7) is 4.42. The fourth-order valence-corrected chi connectivity index (χ4v) is 2.81. The molecule has 0 spiro atoms. The maximum Gasteiger partial charge on any atom is 0.118 e. The van der Waals surface area contributed by atoms with Crippen molar-refractivity contribution in [2.24, 2.45) is 5.73 Å². The second kappa shape index (κ2) is 7.62. The van der Waals surface area contributed by atoms with Crippen molar-refractivity contribution in [1.82, 2.24) is 0 Å². The number of unbranched alkanes of at least 4 members (excludes halogenated alkanes) is 1. The van der Waals surface area contributed by atoms with Gasteiger partial charge in [0.15, 0.2) is 0 Å². The molecule has 0 amide bonds. The van der Waals surface area contributed by atoms with Crippen LogP contribution < -0.4 is 10.5 Å². The predicted molar refractivity (Wildman–Crippen MR) is 76.8 cm³/mol. The fourth-order valence-electron chi connectivity index (χ4n) is 1.61. The van der Waals surface area contributed by atoms with E-state index in [1.54, 1.807) is 7.11 Å². The number of hydrogen-bond donors (Lipinski definition) is 1. The Morgan fingerprint density at radius 1 is 1.29 bits per heavy atom. The molecule has 2 nitrogen and oxygen atoms in total. The van der Waals surface area contributed by atoms with E-state index in [9.17, 15) is 0 Å². The Hall–Kier alpha value is -0.670. The molecule has 1 aromatic rings. The monoisotopic (exact) mass is 253 g/mol. The van der Waals surface area contributed by atoms with Crippen molar-refractivity contribution in [3.05, 3.63) is 29.8 Å². The topological polar surface area (TPSA) is 35.2 Å². The van der Waals surface area contributed by atoms with Gasteiger partial charge in [0, 0.05) is 11.3 Å². The molecule has 0 aromatic heterocycles. The average Bonchev–Trinajstić information content (AvgIpc) is 2.38. The highest BCUT2D eigenvalue weighted by Crippen LogP contribution is 2.26. The van der Waals surface area contributed by atoms with E-state index in [1.807, 2.05) is 23.9 Å². The van der Waals surface area contributed by atoms with E-state index in [2.05, 4.69) is 26.0 Å². The Bertz CT molecular complexity index is 313. The molecule has 0 aliphatic rings. The molecule has 96 valence electrons. The van der Waals surface area contributed by atoms with Crippen LogP contribution >= 0.6 is 11.8 Å². The minimum Gasteiger partial charge on any atom is -0.497 e. The number of hydrogen-bond acceptors (Lipinski definition) is 3. The van der Waals surface area contributed by atoms with Crippen molar-refractivity contribution < 1.29 is 4.74 Å². The summed E-state index contributed by atoms with van der Waals surface area (Å²) < 4.78 is 5.14. The van der Waals surface area contributed by atoms with Crippen LogP contribution in [0.3, 0.4) is 0 Å². The van der Waals surface area contributed by atoms with Gasteiger partial charge in [0.05, 0.1) is 7.11 Å². The highest BCUT2D eigenvalue weighted by atomic mass is 32.2. The standard InChI is InChI=1S/C14H23NOS/c1-4-5-10-17-11(2)14(15)12-6-8-13(16-3)9-7-12/h6-9,11,14H,4-5,10,15H2,1-3H3. The molecular weight excluding hydrogens is 230 g/mol. The van der Waals surface area contributed by atoms with E-state index in [1.165, 1.54) is 24.2 Å². The van der Waals surface area contributed by atoms with Crippen LogP contribution in [-0.2, 0) is 0 Å². The predicted octanol–water partition coefficient (Wildman–Crippen LogP) is 3.62. The van der Waals surface area contributed by atoms with Gasteiger partial charge >= 0.3 is 0 Å². The first-order chi connectivity index (χ1) is 8.19. The highest BCUT2D eigenvalue weighted by molar-refractivity contribution is 7.99. The molecule has 2 atom stereocenters. The van der Waals surface area contributed by atoms with E-state index in [0.717, 1.165) is 5.75 Å². The maximum atomic E-state index is 6.25. The van der Waals surface area contributed by atoms with Crippen LogP contribution in [0, 0.1) is 0 Å². The van der Waals surface area contributed by atoms with Crippen molar-refractivity contribution in [2.75, 3.05) is 12.9 Å². The first-order valence-electron chi connectivity index (χ1n) is 6.20. The van der Waals surface area contributed by atoms with Crippen molar-refractivity contribution in [1.29, 1.82) is 0 Å². The zero-order valence-corrected chi connectivity index (χ0v) is 11.8. The van der Waals surface area contributed by atoms with E-state index >= 15 is 0 Å². The molecule has 1 aromatic carbocycles. The number of nitrogens with two attached hydrogens (primary N) is 1. The number of ether oxygens (including phenoxy) is 1. The summed E-state index contributed by atoms with van der Waals surface area (Å²) in [5.41, 5.74) is 7.43. The largest absolute Gasteiger partial charge is 0.497 e. The third-order valence-electron chi connectivity index (χ3n) is 2.89. The molecule has 2 unspecified atom stereocenters. The lowest BCUT2D eigenvalue weighted by molar-refractivity contribution is 0.414. The van der Waals surface area contributed by atoms with Crippen LogP contribution in [0.5, 0.6) is 5.75 Å². The lowest BCUT2D eigenvalue weighted by atomic mass is 10.1. The molecule has 0 heterocycles. The van der Waals surface area contributed by atoms with Gasteiger partial charge in [-0.15, -0.1) is 0 Å². The van der Waals surface area contributed by atoms with E-state index in [0.29, 0.717) is 5.25 Å². The fraction of sp³-hybridized carbons (Fsp3) is 0.571. The van der Waals surface area contributed by atoms with Gasteiger partial charge in [-0.3, -0.25) is 0 Å². The first-order valence-corrected chi connectivity index (χ1v) is 7.25. The SMILES string of the molecule is CCCCSC(C)C(N)c1ccc(OC)cc1. The minimum atomic E-state index is 0.0998. The minimum absolute atomic E-state index is 0.0998. The number of methoxy groups -OCH3 is 1. The quantitative estimate of drug-likeness (QED) is 0.754. The molecule has 0 aliphatic heterocycles. The van der Waals surface area contributed by atoms with Crippen LogP contribution in [0.2, 0.25) is 0 Å². The molecule has 17 heavy (non-hydrogen) atoms.